The van der Waals surface area contributed by atoms with Gasteiger partial charge in [-0.3, -0.25) is 15.1 Å². The van der Waals surface area contributed by atoms with Gasteiger partial charge in [-0.1, -0.05) is 6.07 Å². The largest absolute Gasteiger partial charge is 0.494 e. The van der Waals surface area contributed by atoms with Crippen molar-refractivity contribution in [1.82, 2.24) is 15.3 Å². The van der Waals surface area contributed by atoms with Crippen LogP contribution < -0.4 is 15.4 Å². The van der Waals surface area contributed by atoms with Crippen LogP contribution in [0, 0.1) is 0 Å². The molecule has 0 radical (unpaired) electrons. The molecule has 9 heteroatoms. The van der Waals surface area contributed by atoms with Crippen LogP contribution in [0.4, 0.5) is 5.69 Å². The number of fused-ring (bicyclic) bond motifs is 1. The molecule has 156 valence electrons. The smallest absolute Gasteiger partial charge is 0.257 e. The highest BCUT2D eigenvalue weighted by Crippen LogP contribution is 2.27. The summed E-state index contributed by atoms with van der Waals surface area (Å²) in [6.07, 6.45) is 3.37. The van der Waals surface area contributed by atoms with Crippen molar-refractivity contribution in [3.05, 3.63) is 71.0 Å². The third-order valence-corrected chi connectivity index (χ3v) is 4.87. The zero-order chi connectivity index (χ0) is 21.8. The second-order valence-corrected chi connectivity index (χ2v) is 7.79. The quantitative estimate of drug-likeness (QED) is 0.368. The van der Waals surface area contributed by atoms with Gasteiger partial charge in [0.25, 0.3) is 5.91 Å². The van der Waals surface area contributed by atoms with E-state index in [1.165, 1.54) is 0 Å². The van der Waals surface area contributed by atoms with Crippen LogP contribution in [-0.2, 0) is 0 Å². The van der Waals surface area contributed by atoms with E-state index in [1.54, 1.807) is 54.9 Å². The first-order valence-electron chi connectivity index (χ1n) is 9.38. The number of aromatic nitrogens is 2. The Morgan fingerprint density at radius 1 is 1.19 bits per heavy atom. The molecule has 2 heterocycles. The van der Waals surface area contributed by atoms with Gasteiger partial charge in [-0.25, -0.2) is 4.98 Å². The van der Waals surface area contributed by atoms with Gasteiger partial charge in [-0.2, -0.15) is 0 Å². The number of benzene rings is 2. The summed E-state index contributed by atoms with van der Waals surface area (Å²) < 4.78 is 12.1. The maximum absolute atomic E-state index is 12.5. The predicted molar refractivity (Wildman–Crippen MR) is 126 cm³/mol. The Kier molecular flexibility index (Phi) is 6.24. The van der Waals surface area contributed by atoms with E-state index in [0.717, 1.165) is 10.0 Å². The van der Waals surface area contributed by atoms with Crippen molar-refractivity contribution in [1.29, 1.82) is 0 Å². The van der Waals surface area contributed by atoms with Crippen LogP contribution in [0.5, 0.6) is 5.75 Å². The molecule has 0 saturated heterocycles. The molecule has 2 N–H and O–H groups in total. The topological polar surface area (TPSA) is 89.3 Å². The summed E-state index contributed by atoms with van der Waals surface area (Å²) >= 11 is 8.68. The lowest BCUT2D eigenvalue weighted by Gasteiger charge is -2.10. The number of ether oxygens (including phenoxy) is 1. The van der Waals surface area contributed by atoms with Crippen LogP contribution in [0.1, 0.15) is 17.3 Å². The summed E-state index contributed by atoms with van der Waals surface area (Å²) in [5.74, 6) is 0.763. The monoisotopic (exact) mass is 496 g/mol. The molecule has 4 aromatic rings. The van der Waals surface area contributed by atoms with Gasteiger partial charge in [0.05, 0.1) is 12.2 Å². The number of hydrogen-bond donors (Lipinski definition) is 2. The molecule has 0 spiro atoms. The molecule has 0 aliphatic rings. The van der Waals surface area contributed by atoms with Gasteiger partial charge in [0.15, 0.2) is 10.7 Å². The molecule has 0 aliphatic heterocycles. The molecule has 31 heavy (non-hydrogen) atoms. The Balaban J connectivity index is 1.46. The molecule has 2 aromatic carbocycles. The summed E-state index contributed by atoms with van der Waals surface area (Å²) in [5, 5.41) is 5.84. The third-order valence-electron chi connectivity index (χ3n) is 4.23. The zero-order valence-corrected chi connectivity index (χ0v) is 18.8. The van der Waals surface area contributed by atoms with Crippen LogP contribution in [0.25, 0.3) is 22.6 Å². The number of nitrogens with one attached hydrogen (secondary N) is 2. The molecule has 0 fully saturated rings. The van der Waals surface area contributed by atoms with Crippen molar-refractivity contribution < 1.29 is 13.9 Å². The second-order valence-electron chi connectivity index (χ2n) is 6.46. The normalized spacial score (nSPS) is 10.6. The molecular formula is C22H17BrN4O3S. The van der Waals surface area contributed by atoms with Gasteiger partial charge >= 0.3 is 0 Å². The summed E-state index contributed by atoms with van der Waals surface area (Å²) in [5.41, 5.74) is 3.17. The van der Waals surface area contributed by atoms with Crippen molar-refractivity contribution in [3.8, 4) is 17.2 Å². The fraction of sp³-hybridized carbons (Fsp3) is 0.0909. The average Bonchev–Trinajstić information content (AvgIpc) is 3.17. The van der Waals surface area contributed by atoms with Crippen molar-refractivity contribution in [2.75, 3.05) is 11.9 Å². The number of amides is 1. The number of nitrogens with zero attached hydrogens (tertiary/aromatic N) is 2. The highest BCUT2D eigenvalue weighted by atomic mass is 79.9. The number of rotatable bonds is 5. The van der Waals surface area contributed by atoms with Gasteiger partial charge in [0, 0.05) is 28.1 Å². The van der Waals surface area contributed by atoms with E-state index in [2.05, 4.69) is 36.5 Å². The van der Waals surface area contributed by atoms with Gasteiger partial charge in [0.2, 0.25) is 5.89 Å². The van der Waals surface area contributed by atoms with E-state index in [1.807, 2.05) is 13.0 Å². The highest BCUT2D eigenvalue weighted by Gasteiger charge is 2.12. The number of carbonyl (C=O) groups excluding carboxylic acids is 1. The van der Waals surface area contributed by atoms with Gasteiger partial charge in [0.1, 0.15) is 11.3 Å². The van der Waals surface area contributed by atoms with Crippen molar-refractivity contribution in [2.45, 2.75) is 6.92 Å². The summed E-state index contributed by atoms with van der Waals surface area (Å²) in [4.78, 5) is 21.1. The van der Waals surface area contributed by atoms with Crippen molar-refractivity contribution >= 4 is 56.0 Å². The average molecular weight is 497 g/mol. The molecule has 7 nitrogen and oxygen atoms in total. The second kappa shape index (κ2) is 9.23. The lowest BCUT2D eigenvalue weighted by atomic mass is 10.2. The summed E-state index contributed by atoms with van der Waals surface area (Å²) in [7, 11) is 0. The minimum absolute atomic E-state index is 0.172. The van der Waals surface area contributed by atoms with Gasteiger partial charge in [-0.05, 0) is 77.5 Å². The number of oxazole rings is 1. The molecule has 0 saturated carbocycles. The number of pyridine rings is 1. The lowest BCUT2D eigenvalue weighted by Crippen LogP contribution is -2.34. The lowest BCUT2D eigenvalue weighted by molar-refractivity contribution is 0.0977. The van der Waals surface area contributed by atoms with E-state index in [0.29, 0.717) is 40.6 Å². The van der Waals surface area contributed by atoms with E-state index in [9.17, 15) is 4.79 Å². The minimum atomic E-state index is -0.328. The minimum Gasteiger partial charge on any atom is -0.494 e. The zero-order valence-electron chi connectivity index (χ0n) is 16.4. The first kappa shape index (κ1) is 21.0. The number of halogens is 1. The fourth-order valence-corrected chi connectivity index (χ4v) is 3.46. The Morgan fingerprint density at radius 2 is 2.06 bits per heavy atom. The van der Waals surface area contributed by atoms with Crippen LogP contribution in [-0.4, -0.2) is 27.6 Å². The summed E-state index contributed by atoms with van der Waals surface area (Å²) in [6, 6.07) is 14.2. The molecule has 0 unspecified atom stereocenters. The molecule has 0 atom stereocenters. The number of anilines is 1. The number of thiocarbonyl (C=S) groups is 1. The Bertz CT molecular complexity index is 1270. The SMILES string of the molecule is CCOc1cccc(C(=O)NC(=S)Nc2ccc3oc(-c4cncc(Br)c4)nc3c2)c1. The van der Waals surface area contributed by atoms with Crippen LogP contribution >= 0.6 is 28.1 Å². The van der Waals surface area contributed by atoms with E-state index < -0.39 is 0 Å². The van der Waals surface area contributed by atoms with Crippen molar-refractivity contribution in [2.24, 2.45) is 0 Å². The Hall–Kier alpha value is -3.30. The first-order chi connectivity index (χ1) is 15.0. The van der Waals surface area contributed by atoms with Crippen LogP contribution in [0.15, 0.2) is 69.8 Å². The van der Waals surface area contributed by atoms with Crippen molar-refractivity contribution in [3.63, 3.8) is 0 Å². The van der Waals surface area contributed by atoms with E-state index in [4.69, 9.17) is 21.4 Å². The summed E-state index contributed by atoms with van der Waals surface area (Å²) in [6.45, 7) is 2.41. The number of carbonyl (C=O) groups is 1. The molecule has 4 rings (SSSR count). The molecular weight excluding hydrogens is 480 g/mol. The first-order valence-corrected chi connectivity index (χ1v) is 10.6. The van der Waals surface area contributed by atoms with Crippen LogP contribution in [0.2, 0.25) is 0 Å². The van der Waals surface area contributed by atoms with Gasteiger partial charge < -0.3 is 14.5 Å². The molecule has 0 bridgehead atoms. The highest BCUT2D eigenvalue weighted by molar-refractivity contribution is 9.10. The molecule has 1 amide bonds. The van der Waals surface area contributed by atoms with Crippen LogP contribution in [0.3, 0.4) is 0 Å². The van der Waals surface area contributed by atoms with Gasteiger partial charge in [-0.15, -0.1) is 0 Å². The van der Waals surface area contributed by atoms with E-state index >= 15 is 0 Å². The standard InChI is InChI=1S/C22H17BrN4O3S/c1-2-29-17-5-3-4-13(9-17)20(28)27-22(31)25-16-6-7-19-18(10-16)26-21(30-19)14-8-15(23)12-24-11-14/h3-12H,2H2,1H3,(H2,25,27,28,31). The Labute approximate surface area is 192 Å². The molecule has 2 aromatic heterocycles. The maximum atomic E-state index is 12.5. The molecule has 0 aliphatic carbocycles. The predicted octanol–water partition coefficient (Wildman–Crippen LogP) is 5.18. The fourth-order valence-electron chi connectivity index (χ4n) is 2.89. The third kappa shape index (κ3) is 5.07. The van der Waals surface area contributed by atoms with E-state index in [-0.39, 0.29) is 11.0 Å². The Morgan fingerprint density at radius 3 is 2.87 bits per heavy atom. The maximum Gasteiger partial charge on any atom is 0.257 e. The number of hydrogen-bond acceptors (Lipinski definition) is 6.